The van der Waals surface area contributed by atoms with E-state index in [9.17, 15) is 9.59 Å². The van der Waals surface area contributed by atoms with Crippen molar-refractivity contribution in [1.29, 1.82) is 0 Å². The number of thiazole rings is 1. The lowest BCUT2D eigenvalue weighted by Crippen LogP contribution is -2.42. The quantitative estimate of drug-likeness (QED) is 0.573. The van der Waals surface area contributed by atoms with Crippen LogP contribution < -0.4 is 9.64 Å². The molecular formula is C22H20N2O4S. The molecule has 0 aliphatic carbocycles. The Morgan fingerprint density at radius 1 is 1.21 bits per heavy atom. The van der Waals surface area contributed by atoms with E-state index >= 15 is 0 Å². The molecule has 1 aromatic heterocycles. The third-order valence-corrected chi connectivity index (χ3v) is 5.37. The van der Waals surface area contributed by atoms with Gasteiger partial charge in [0.15, 0.2) is 6.61 Å². The molecule has 1 aliphatic heterocycles. The summed E-state index contributed by atoms with van der Waals surface area (Å²) in [5.74, 6) is -0.139. The van der Waals surface area contributed by atoms with Crippen LogP contribution in [0.1, 0.15) is 13.3 Å². The molecule has 1 aliphatic rings. The first-order valence-electron chi connectivity index (χ1n) is 9.40. The average molecular weight is 408 g/mol. The zero-order chi connectivity index (χ0) is 20.2. The Morgan fingerprint density at radius 3 is 2.83 bits per heavy atom. The van der Waals surface area contributed by atoms with E-state index in [0.29, 0.717) is 18.0 Å². The number of nitrogens with zero attached hydrogens (tertiary/aromatic N) is 2. The highest BCUT2D eigenvalue weighted by atomic mass is 32.1. The molecule has 1 amide bonds. The van der Waals surface area contributed by atoms with Crippen molar-refractivity contribution >= 4 is 28.9 Å². The van der Waals surface area contributed by atoms with Crippen LogP contribution in [-0.2, 0) is 14.3 Å². The van der Waals surface area contributed by atoms with E-state index in [1.54, 1.807) is 11.3 Å². The first kappa shape index (κ1) is 19.1. The highest BCUT2D eigenvalue weighted by molar-refractivity contribution is 7.13. The van der Waals surface area contributed by atoms with E-state index in [-0.39, 0.29) is 19.1 Å². The van der Waals surface area contributed by atoms with Crippen LogP contribution in [0.15, 0.2) is 53.9 Å². The van der Waals surface area contributed by atoms with Gasteiger partial charge >= 0.3 is 5.97 Å². The minimum atomic E-state index is -0.432. The van der Waals surface area contributed by atoms with Crippen molar-refractivity contribution < 1.29 is 19.1 Å². The zero-order valence-electron chi connectivity index (χ0n) is 16.0. The minimum absolute atomic E-state index is 0.0950. The predicted octanol–water partition coefficient (Wildman–Crippen LogP) is 4.16. The van der Waals surface area contributed by atoms with Crippen molar-refractivity contribution in [3.63, 3.8) is 0 Å². The summed E-state index contributed by atoms with van der Waals surface area (Å²) < 4.78 is 10.7. The Labute approximate surface area is 172 Å². The highest BCUT2D eigenvalue weighted by Crippen LogP contribution is 2.37. The fourth-order valence-electron chi connectivity index (χ4n) is 3.05. The van der Waals surface area contributed by atoms with Gasteiger partial charge in [0.25, 0.3) is 5.91 Å². The van der Waals surface area contributed by atoms with Crippen LogP contribution >= 0.6 is 11.3 Å². The van der Waals surface area contributed by atoms with Gasteiger partial charge in [-0.15, -0.1) is 11.3 Å². The predicted molar refractivity (Wildman–Crippen MR) is 112 cm³/mol. The Hall–Kier alpha value is -3.19. The topological polar surface area (TPSA) is 68.7 Å². The van der Waals surface area contributed by atoms with Crippen LogP contribution in [0.4, 0.5) is 5.69 Å². The molecule has 2 aromatic carbocycles. The molecule has 0 radical (unpaired) electrons. The Morgan fingerprint density at radius 2 is 2.03 bits per heavy atom. The maximum Gasteiger partial charge on any atom is 0.326 e. The Balaban J connectivity index is 1.62. The number of rotatable bonds is 6. The molecule has 7 heteroatoms. The van der Waals surface area contributed by atoms with Gasteiger partial charge in [-0.1, -0.05) is 37.3 Å². The summed E-state index contributed by atoms with van der Waals surface area (Å²) in [5, 5.41) is 2.90. The number of fused-ring (bicyclic) bond motifs is 1. The maximum absolute atomic E-state index is 12.4. The molecule has 0 unspecified atom stereocenters. The molecule has 148 valence electrons. The van der Waals surface area contributed by atoms with Crippen LogP contribution in [0.2, 0.25) is 0 Å². The zero-order valence-corrected chi connectivity index (χ0v) is 16.8. The maximum atomic E-state index is 12.4. The second-order valence-electron chi connectivity index (χ2n) is 6.58. The minimum Gasteiger partial charge on any atom is -0.482 e. The second kappa shape index (κ2) is 8.45. The third-order valence-electron chi connectivity index (χ3n) is 4.48. The van der Waals surface area contributed by atoms with E-state index in [1.165, 1.54) is 4.90 Å². The molecular weight excluding hydrogens is 388 g/mol. The molecule has 0 saturated heterocycles. The number of anilines is 1. The van der Waals surface area contributed by atoms with Crippen LogP contribution in [0.25, 0.3) is 21.8 Å². The number of hydrogen-bond acceptors (Lipinski definition) is 6. The van der Waals surface area contributed by atoms with Crippen LogP contribution in [-0.4, -0.2) is 36.6 Å². The van der Waals surface area contributed by atoms with E-state index in [0.717, 1.165) is 28.2 Å². The number of carbonyl (C=O) groups excluding carboxylic acids is 2. The summed E-state index contributed by atoms with van der Waals surface area (Å²) in [7, 11) is 0. The fraction of sp³-hybridized carbons (Fsp3) is 0.227. The van der Waals surface area contributed by atoms with E-state index in [2.05, 4.69) is 0 Å². The number of aromatic nitrogens is 1. The molecule has 4 rings (SSSR count). The van der Waals surface area contributed by atoms with Crippen molar-refractivity contribution in [1.82, 2.24) is 4.98 Å². The van der Waals surface area contributed by atoms with Gasteiger partial charge in [-0.25, -0.2) is 4.98 Å². The largest absolute Gasteiger partial charge is 0.482 e. The molecule has 0 atom stereocenters. The molecule has 0 saturated carbocycles. The summed E-state index contributed by atoms with van der Waals surface area (Å²) in [6, 6.07) is 15.5. The SMILES string of the molecule is CCCOC(=O)CN1C(=O)COc2ccc(-c3csc(-c4ccccc4)n3)cc21. The normalized spacial score (nSPS) is 13.0. The van der Waals surface area contributed by atoms with Crippen molar-refractivity contribution in [3.05, 3.63) is 53.9 Å². The summed E-state index contributed by atoms with van der Waals surface area (Å²) in [4.78, 5) is 30.6. The summed E-state index contributed by atoms with van der Waals surface area (Å²) >= 11 is 1.56. The Kier molecular flexibility index (Phi) is 5.57. The number of hydrogen-bond donors (Lipinski definition) is 0. The van der Waals surface area contributed by atoms with Gasteiger partial charge in [0.1, 0.15) is 17.3 Å². The van der Waals surface area contributed by atoms with Gasteiger partial charge < -0.3 is 9.47 Å². The molecule has 29 heavy (non-hydrogen) atoms. The van der Waals surface area contributed by atoms with Gasteiger partial charge in [-0.05, 0) is 24.6 Å². The summed E-state index contributed by atoms with van der Waals surface area (Å²) in [6.45, 7) is 2.03. The van der Waals surface area contributed by atoms with E-state index < -0.39 is 5.97 Å². The molecule has 2 heterocycles. The lowest BCUT2D eigenvalue weighted by Gasteiger charge is -2.29. The summed E-state index contributed by atoms with van der Waals surface area (Å²) in [6.07, 6.45) is 0.733. The van der Waals surface area contributed by atoms with Gasteiger partial charge in [0, 0.05) is 16.5 Å². The van der Waals surface area contributed by atoms with Crippen LogP contribution in [0, 0.1) is 0 Å². The molecule has 0 spiro atoms. The Bertz CT molecular complexity index is 1030. The fourth-order valence-corrected chi connectivity index (χ4v) is 3.88. The van der Waals surface area contributed by atoms with Crippen molar-refractivity contribution in [2.75, 3.05) is 24.7 Å². The second-order valence-corrected chi connectivity index (χ2v) is 7.43. The van der Waals surface area contributed by atoms with Gasteiger partial charge in [0.05, 0.1) is 18.0 Å². The first-order valence-corrected chi connectivity index (χ1v) is 10.3. The number of benzene rings is 2. The van der Waals surface area contributed by atoms with Gasteiger partial charge in [0.2, 0.25) is 0 Å². The van der Waals surface area contributed by atoms with Crippen molar-refractivity contribution in [2.45, 2.75) is 13.3 Å². The number of amides is 1. The molecule has 3 aromatic rings. The molecule has 6 nitrogen and oxygen atoms in total. The summed E-state index contributed by atoms with van der Waals surface area (Å²) in [5.41, 5.74) is 3.28. The molecule has 0 bridgehead atoms. The van der Waals surface area contributed by atoms with Crippen molar-refractivity contribution in [3.8, 4) is 27.6 Å². The number of carbonyl (C=O) groups is 2. The number of ether oxygens (including phenoxy) is 2. The smallest absolute Gasteiger partial charge is 0.326 e. The molecule has 0 fully saturated rings. The lowest BCUT2D eigenvalue weighted by molar-refractivity contribution is -0.143. The van der Waals surface area contributed by atoms with Crippen LogP contribution in [0.3, 0.4) is 0 Å². The lowest BCUT2D eigenvalue weighted by atomic mass is 10.1. The standard InChI is InChI=1S/C22H20N2O4S/c1-2-10-27-21(26)12-24-18-11-16(8-9-19(18)28-13-20(24)25)17-14-29-22(23-17)15-6-4-3-5-7-15/h3-9,11,14H,2,10,12-13H2,1H3. The first-order chi connectivity index (χ1) is 14.2. The van der Waals surface area contributed by atoms with E-state index in [1.807, 2.05) is 60.8 Å². The highest BCUT2D eigenvalue weighted by Gasteiger charge is 2.28. The van der Waals surface area contributed by atoms with Crippen LogP contribution in [0.5, 0.6) is 5.75 Å². The third kappa shape index (κ3) is 4.14. The number of esters is 1. The monoisotopic (exact) mass is 408 g/mol. The van der Waals surface area contributed by atoms with E-state index in [4.69, 9.17) is 14.5 Å². The van der Waals surface area contributed by atoms with Gasteiger partial charge in [-0.3, -0.25) is 14.5 Å². The van der Waals surface area contributed by atoms with Gasteiger partial charge in [-0.2, -0.15) is 0 Å². The van der Waals surface area contributed by atoms with Crippen molar-refractivity contribution in [2.24, 2.45) is 0 Å². The average Bonchev–Trinajstić information content (AvgIpc) is 3.25. The molecule has 0 N–H and O–H groups in total.